The Morgan fingerprint density at radius 3 is 2.48 bits per heavy atom. The molecule has 3 fully saturated rings. The third-order valence-corrected chi connectivity index (χ3v) is 7.16. The first kappa shape index (κ1) is 20.4. The van der Waals surface area contributed by atoms with Gasteiger partial charge in [-0.1, -0.05) is 37.3 Å². The van der Waals surface area contributed by atoms with Crippen molar-refractivity contribution in [2.45, 2.75) is 57.9 Å². The lowest BCUT2D eigenvalue weighted by atomic mass is 9.93. The van der Waals surface area contributed by atoms with Crippen LogP contribution in [0.15, 0.2) is 30.3 Å². The van der Waals surface area contributed by atoms with Crippen molar-refractivity contribution in [3.63, 3.8) is 0 Å². The van der Waals surface area contributed by atoms with E-state index in [9.17, 15) is 9.59 Å². The maximum Gasteiger partial charge on any atom is 0.228 e. The Kier molecular flexibility index (Phi) is 6.23. The van der Waals surface area contributed by atoms with E-state index in [4.69, 9.17) is 0 Å². The van der Waals surface area contributed by atoms with Gasteiger partial charge in [0.05, 0.1) is 5.92 Å². The van der Waals surface area contributed by atoms with E-state index in [1.807, 2.05) is 18.2 Å². The first-order valence-electron chi connectivity index (χ1n) is 11.4. The highest BCUT2D eigenvalue weighted by Gasteiger charge is 2.47. The zero-order chi connectivity index (χ0) is 20.3. The minimum Gasteiger partial charge on any atom is -0.355 e. The summed E-state index contributed by atoms with van der Waals surface area (Å²) in [6.07, 6.45) is 7.16. The van der Waals surface area contributed by atoms with Crippen LogP contribution in [0, 0.1) is 11.3 Å². The Labute approximate surface area is 174 Å². The first-order chi connectivity index (χ1) is 14.0. The minimum atomic E-state index is -0.0547. The third-order valence-electron chi connectivity index (χ3n) is 7.16. The zero-order valence-corrected chi connectivity index (χ0v) is 17.7. The number of piperidine rings is 2. The fourth-order valence-electron chi connectivity index (χ4n) is 4.89. The highest BCUT2D eigenvalue weighted by Crippen LogP contribution is 2.46. The quantitative estimate of drug-likeness (QED) is 0.803. The second kappa shape index (κ2) is 8.86. The minimum absolute atomic E-state index is 0.0547. The van der Waals surface area contributed by atoms with Gasteiger partial charge in [0, 0.05) is 37.6 Å². The van der Waals surface area contributed by atoms with Gasteiger partial charge < -0.3 is 10.2 Å². The molecule has 0 spiro atoms. The number of amides is 2. The van der Waals surface area contributed by atoms with Crippen molar-refractivity contribution in [3.8, 4) is 0 Å². The molecule has 4 rings (SSSR count). The third kappa shape index (κ3) is 5.00. The van der Waals surface area contributed by atoms with Gasteiger partial charge in [-0.05, 0) is 57.1 Å². The van der Waals surface area contributed by atoms with Crippen LogP contribution in [0.2, 0.25) is 0 Å². The summed E-state index contributed by atoms with van der Waals surface area (Å²) < 4.78 is 0. The second-order valence-corrected chi connectivity index (χ2v) is 9.44. The van der Waals surface area contributed by atoms with Gasteiger partial charge >= 0.3 is 0 Å². The van der Waals surface area contributed by atoms with Crippen LogP contribution in [0.5, 0.6) is 0 Å². The molecule has 2 saturated heterocycles. The number of carbonyl (C=O) groups is 2. The maximum absolute atomic E-state index is 12.7. The lowest BCUT2D eigenvalue weighted by Crippen LogP contribution is -2.52. The molecule has 3 aliphatic rings. The molecule has 1 saturated carbocycles. The molecule has 2 heterocycles. The Hall–Kier alpha value is -1.88. The highest BCUT2D eigenvalue weighted by atomic mass is 16.2. The maximum atomic E-state index is 12.7. The van der Waals surface area contributed by atoms with Crippen molar-refractivity contribution < 1.29 is 9.59 Å². The lowest BCUT2D eigenvalue weighted by molar-refractivity contribution is -0.138. The number of nitrogens with zero attached hydrogens (tertiary/aromatic N) is 2. The average Bonchev–Trinajstić information content (AvgIpc) is 3.52. The Balaban J connectivity index is 1.21. The van der Waals surface area contributed by atoms with Crippen LogP contribution >= 0.6 is 0 Å². The fraction of sp³-hybridized carbons (Fsp3) is 0.667. The molecule has 2 amide bonds. The van der Waals surface area contributed by atoms with E-state index in [1.54, 1.807) is 0 Å². The van der Waals surface area contributed by atoms with E-state index >= 15 is 0 Å². The van der Waals surface area contributed by atoms with E-state index in [1.165, 1.54) is 5.56 Å². The molecule has 1 aromatic rings. The average molecular weight is 398 g/mol. The van der Waals surface area contributed by atoms with Gasteiger partial charge in [-0.25, -0.2) is 0 Å². The summed E-state index contributed by atoms with van der Waals surface area (Å²) in [6, 6.07) is 10.8. The Bertz CT molecular complexity index is 708. The van der Waals surface area contributed by atoms with Crippen LogP contribution in [-0.4, -0.2) is 60.4 Å². The molecule has 158 valence electrons. The van der Waals surface area contributed by atoms with Crippen LogP contribution in [0.1, 0.15) is 51.0 Å². The molecule has 1 aromatic carbocycles. The van der Waals surface area contributed by atoms with E-state index < -0.39 is 0 Å². The normalized spacial score (nSPS) is 24.9. The van der Waals surface area contributed by atoms with Crippen molar-refractivity contribution in [1.82, 2.24) is 15.1 Å². The van der Waals surface area contributed by atoms with Crippen molar-refractivity contribution >= 4 is 11.8 Å². The number of benzene rings is 1. The van der Waals surface area contributed by atoms with Crippen LogP contribution in [-0.2, 0) is 16.0 Å². The number of nitrogens with one attached hydrogen (secondary N) is 1. The van der Waals surface area contributed by atoms with Gasteiger partial charge in [0.25, 0.3) is 0 Å². The molecule has 1 aliphatic carbocycles. The monoisotopic (exact) mass is 397 g/mol. The zero-order valence-electron chi connectivity index (χ0n) is 17.7. The van der Waals surface area contributed by atoms with Gasteiger partial charge in [-0.3, -0.25) is 14.5 Å². The molecule has 0 unspecified atom stereocenters. The van der Waals surface area contributed by atoms with Crippen molar-refractivity contribution in [3.05, 3.63) is 35.9 Å². The molecule has 5 heteroatoms. The molecule has 1 atom stereocenters. The summed E-state index contributed by atoms with van der Waals surface area (Å²) >= 11 is 0. The first-order valence-corrected chi connectivity index (χ1v) is 11.4. The fourth-order valence-corrected chi connectivity index (χ4v) is 4.89. The van der Waals surface area contributed by atoms with E-state index in [0.29, 0.717) is 18.5 Å². The Morgan fingerprint density at radius 1 is 1.07 bits per heavy atom. The molecule has 0 bridgehead atoms. The number of likely N-dealkylation sites (tertiary alicyclic amines) is 2. The predicted octanol–water partition coefficient (Wildman–Crippen LogP) is 2.85. The molecule has 5 nitrogen and oxygen atoms in total. The van der Waals surface area contributed by atoms with Crippen molar-refractivity contribution in [1.29, 1.82) is 0 Å². The summed E-state index contributed by atoms with van der Waals surface area (Å²) in [5.41, 5.74) is 1.21. The van der Waals surface area contributed by atoms with Gasteiger partial charge in [-0.2, -0.15) is 0 Å². The highest BCUT2D eigenvalue weighted by molar-refractivity contribution is 5.85. The van der Waals surface area contributed by atoms with Gasteiger partial charge in [0.1, 0.15) is 0 Å². The van der Waals surface area contributed by atoms with E-state index in [-0.39, 0.29) is 17.2 Å². The molecule has 0 radical (unpaired) electrons. The summed E-state index contributed by atoms with van der Waals surface area (Å²) in [7, 11) is 0. The molecule has 0 aromatic heterocycles. The molecule has 2 aliphatic heterocycles. The van der Waals surface area contributed by atoms with Crippen molar-refractivity contribution in [2.75, 3.05) is 32.7 Å². The summed E-state index contributed by atoms with van der Waals surface area (Å²) in [5.74, 6) is 0.676. The van der Waals surface area contributed by atoms with Crippen LogP contribution in [0.3, 0.4) is 0 Å². The molecule has 1 N–H and O–H groups in total. The number of rotatable bonds is 6. The van der Waals surface area contributed by atoms with Crippen LogP contribution in [0.4, 0.5) is 0 Å². The SMILES string of the molecule is CC1(C(=O)N2CCC(N3CCC[C@@H](C(=O)NCCc4ccccc4)C3)CC2)CC1. The standard InChI is InChI=1S/C24H35N3O2/c1-24(12-13-24)23(29)26-16-10-21(11-17-26)27-15-5-8-20(18-27)22(28)25-14-9-19-6-3-2-4-7-19/h2-4,6-7,20-21H,5,8-18H2,1H3,(H,25,28)/t20-/m1/s1. The van der Waals surface area contributed by atoms with Gasteiger partial charge in [0.2, 0.25) is 11.8 Å². The van der Waals surface area contributed by atoms with Crippen molar-refractivity contribution in [2.24, 2.45) is 11.3 Å². The smallest absolute Gasteiger partial charge is 0.228 e. The molecular formula is C24H35N3O2. The van der Waals surface area contributed by atoms with Gasteiger partial charge in [-0.15, -0.1) is 0 Å². The second-order valence-electron chi connectivity index (χ2n) is 9.44. The predicted molar refractivity (Wildman–Crippen MR) is 114 cm³/mol. The number of carbonyl (C=O) groups excluding carboxylic acids is 2. The topological polar surface area (TPSA) is 52.7 Å². The summed E-state index contributed by atoms with van der Waals surface area (Å²) in [6.45, 7) is 6.52. The van der Waals surface area contributed by atoms with E-state index in [0.717, 1.165) is 71.1 Å². The number of hydrogen-bond acceptors (Lipinski definition) is 3. The van der Waals surface area contributed by atoms with Crippen LogP contribution in [0.25, 0.3) is 0 Å². The van der Waals surface area contributed by atoms with Gasteiger partial charge in [0.15, 0.2) is 0 Å². The molecular weight excluding hydrogens is 362 g/mol. The van der Waals surface area contributed by atoms with E-state index in [2.05, 4.69) is 34.2 Å². The largest absolute Gasteiger partial charge is 0.355 e. The molecule has 29 heavy (non-hydrogen) atoms. The lowest BCUT2D eigenvalue weighted by Gasteiger charge is -2.42. The summed E-state index contributed by atoms with van der Waals surface area (Å²) in [5, 5.41) is 3.15. The number of hydrogen-bond donors (Lipinski definition) is 1. The van der Waals surface area contributed by atoms with Crippen LogP contribution < -0.4 is 5.32 Å². The summed E-state index contributed by atoms with van der Waals surface area (Å²) in [4.78, 5) is 29.9. The Morgan fingerprint density at radius 2 is 1.79 bits per heavy atom.